The number of esters is 1. The lowest BCUT2D eigenvalue weighted by molar-refractivity contribution is -0.145. The molecule has 0 fully saturated rings. The largest absolute Gasteiger partial charge is 0.469 e. The van der Waals surface area contributed by atoms with Crippen LogP contribution in [0.5, 0.6) is 0 Å². The number of hydrogen-bond acceptors (Lipinski definition) is 4. The first-order chi connectivity index (χ1) is 7.58. The predicted octanol–water partition coefficient (Wildman–Crippen LogP) is 3.15. The Labute approximate surface area is 109 Å². The summed E-state index contributed by atoms with van der Waals surface area (Å²) in [5, 5.41) is 1.15. The highest BCUT2D eigenvalue weighted by atomic mass is 79.9. The van der Waals surface area contributed by atoms with Gasteiger partial charge in [0.05, 0.1) is 21.8 Å². The molecule has 0 aromatic carbocycles. The van der Waals surface area contributed by atoms with Gasteiger partial charge in [-0.15, -0.1) is 11.3 Å². The zero-order chi connectivity index (χ0) is 12.1. The Kier molecular flexibility index (Phi) is 5.28. The van der Waals surface area contributed by atoms with Gasteiger partial charge in [0.25, 0.3) is 0 Å². The van der Waals surface area contributed by atoms with Gasteiger partial charge in [-0.3, -0.25) is 4.79 Å². The topological polar surface area (TPSA) is 29.5 Å². The average molecular weight is 306 g/mol. The Bertz CT molecular complexity index is 354. The number of ether oxygens (including phenoxy) is 1. The zero-order valence-corrected chi connectivity index (χ0v) is 12.1. The number of hydrogen-bond donors (Lipinski definition) is 0. The van der Waals surface area contributed by atoms with Crippen molar-refractivity contribution in [3.63, 3.8) is 0 Å². The molecule has 0 saturated heterocycles. The highest BCUT2D eigenvalue weighted by molar-refractivity contribution is 9.11. The average Bonchev–Trinajstić information content (AvgIpc) is 2.71. The summed E-state index contributed by atoms with van der Waals surface area (Å²) in [7, 11) is 3.43. The van der Waals surface area contributed by atoms with Gasteiger partial charge in [-0.05, 0) is 34.5 Å². The van der Waals surface area contributed by atoms with E-state index in [0.717, 1.165) is 15.2 Å². The Balaban J connectivity index is 2.62. The quantitative estimate of drug-likeness (QED) is 0.783. The number of methoxy groups -OCH3 is 1. The van der Waals surface area contributed by atoms with E-state index in [9.17, 15) is 4.79 Å². The van der Waals surface area contributed by atoms with Crippen LogP contribution in [-0.4, -0.2) is 26.7 Å². The third-order valence-electron chi connectivity index (χ3n) is 2.46. The second-order valence-electron chi connectivity index (χ2n) is 3.59. The number of carbonyl (C=O) groups excluding carboxylic acids is 1. The minimum absolute atomic E-state index is 0.0594. The van der Waals surface area contributed by atoms with Gasteiger partial charge in [0, 0.05) is 13.6 Å². The Hall–Kier alpha value is -0.550. The molecule has 3 nitrogen and oxygen atoms in total. The second-order valence-corrected chi connectivity index (χ2v) is 6.03. The fraction of sp³-hybridized carbons (Fsp3) is 0.545. The molecule has 1 unspecified atom stereocenters. The maximum absolute atomic E-state index is 11.5. The molecule has 0 spiro atoms. The molecule has 0 saturated carbocycles. The third-order valence-corrected chi connectivity index (χ3v) is 4.19. The van der Waals surface area contributed by atoms with Crippen LogP contribution in [0.4, 0.5) is 5.00 Å². The molecule has 0 aliphatic heterocycles. The maximum Gasteiger partial charge on any atom is 0.310 e. The van der Waals surface area contributed by atoms with E-state index in [1.807, 2.05) is 26.1 Å². The molecule has 0 amide bonds. The fourth-order valence-corrected chi connectivity index (χ4v) is 2.80. The summed E-state index contributed by atoms with van der Waals surface area (Å²) in [6.07, 6.45) is 0.795. The third kappa shape index (κ3) is 3.49. The first kappa shape index (κ1) is 13.5. The first-order valence-electron chi connectivity index (χ1n) is 5.12. The molecular formula is C11H16BrNO2S. The highest BCUT2D eigenvalue weighted by Gasteiger charge is 2.19. The summed E-state index contributed by atoms with van der Waals surface area (Å²) in [5.74, 6) is -0.194. The van der Waals surface area contributed by atoms with Gasteiger partial charge in [0.15, 0.2) is 0 Å². The van der Waals surface area contributed by atoms with Gasteiger partial charge in [-0.1, -0.05) is 6.92 Å². The van der Waals surface area contributed by atoms with Gasteiger partial charge in [0.1, 0.15) is 0 Å². The number of anilines is 1. The van der Waals surface area contributed by atoms with Crippen LogP contribution in [0.2, 0.25) is 0 Å². The summed E-state index contributed by atoms with van der Waals surface area (Å²) in [4.78, 5) is 13.5. The van der Waals surface area contributed by atoms with E-state index in [1.165, 1.54) is 7.11 Å². The number of halogens is 1. The Morgan fingerprint density at radius 2 is 2.31 bits per heavy atom. The van der Waals surface area contributed by atoms with Crippen molar-refractivity contribution >= 4 is 38.2 Å². The highest BCUT2D eigenvalue weighted by Crippen LogP contribution is 2.29. The lowest BCUT2D eigenvalue weighted by atomic mass is 10.1. The maximum atomic E-state index is 11.5. The zero-order valence-electron chi connectivity index (χ0n) is 9.70. The van der Waals surface area contributed by atoms with E-state index >= 15 is 0 Å². The van der Waals surface area contributed by atoms with Crippen molar-refractivity contribution in [3.05, 3.63) is 15.9 Å². The summed E-state index contributed by atoms with van der Waals surface area (Å²) < 4.78 is 5.87. The number of thiophene rings is 1. The fourth-order valence-electron chi connectivity index (χ4n) is 1.47. The van der Waals surface area contributed by atoms with E-state index < -0.39 is 0 Å². The SMILES string of the molecule is CCC(CN(C)c1ccc(Br)s1)C(=O)OC. The van der Waals surface area contributed by atoms with E-state index in [4.69, 9.17) is 4.74 Å². The molecule has 1 rings (SSSR count). The summed E-state index contributed by atoms with van der Waals surface area (Å²) >= 11 is 5.08. The monoisotopic (exact) mass is 305 g/mol. The molecule has 0 bridgehead atoms. The first-order valence-corrected chi connectivity index (χ1v) is 6.73. The summed E-state index contributed by atoms with van der Waals surface area (Å²) in [5.41, 5.74) is 0. The second kappa shape index (κ2) is 6.25. The van der Waals surface area contributed by atoms with Gasteiger partial charge < -0.3 is 9.64 Å². The van der Waals surface area contributed by atoms with E-state index in [-0.39, 0.29) is 11.9 Å². The van der Waals surface area contributed by atoms with E-state index in [2.05, 4.69) is 20.8 Å². The molecular weight excluding hydrogens is 290 g/mol. The molecule has 0 aliphatic rings. The molecule has 1 aromatic heterocycles. The molecule has 0 N–H and O–H groups in total. The number of carbonyl (C=O) groups is 1. The van der Waals surface area contributed by atoms with Gasteiger partial charge >= 0.3 is 5.97 Å². The van der Waals surface area contributed by atoms with Crippen LogP contribution in [-0.2, 0) is 9.53 Å². The molecule has 1 atom stereocenters. The van der Waals surface area contributed by atoms with Gasteiger partial charge in [-0.25, -0.2) is 0 Å². The molecule has 90 valence electrons. The smallest absolute Gasteiger partial charge is 0.310 e. The standard InChI is InChI=1S/C11H16BrNO2S/c1-4-8(11(14)15-3)7-13(2)10-6-5-9(12)16-10/h5-6,8H,4,7H2,1-3H3. The van der Waals surface area contributed by atoms with E-state index in [0.29, 0.717) is 6.54 Å². The van der Waals surface area contributed by atoms with Crippen molar-refractivity contribution < 1.29 is 9.53 Å². The van der Waals surface area contributed by atoms with Crippen LogP contribution >= 0.6 is 27.3 Å². The molecule has 1 aromatic rings. The predicted molar refractivity (Wildman–Crippen MR) is 71.1 cm³/mol. The lowest BCUT2D eigenvalue weighted by Gasteiger charge is -2.21. The van der Waals surface area contributed by atoms with Crippen LogP contribution in [0.3, 0.4) is 0 Å². The van der Waals surface area contributed by atoms with Crippen molar-refractivity contribution in [3.8, 4) is 0 Å². The normalized spacial score (nSPS) is 12.2. The Morgan fingerprint density at radius 1 is 1.62 bits per heavy atom. The van der Waals surface area contributed by atoms with Crippen molar-refractivity contribution in [2.75, 3.05) is 25.6 Å². The lowest BCUT2D eigenvalue weighted by Crippen LogP contribution is -2.30. The molecule has 0 radical (unpaired) electrons. The van der Waals surface area contributed by atoms with Crippen LogP contribution in [0, 0.1) is 5.92 Å². The van der Waals surface area contributed by atoms with Gasteiger partial charge in [0.2, 0.25) is 0 Å². The molecule has 16 heavy (non-hydrogen) atoms. The molecule has 1 heterocycles. The minimum atomic E-state index is -0.134. The summed E-state index contributed by atoms with van der Waals surface area (Å²) in [6.45, 7) is 2.69. The number of nitrogens with zero attached hydrogens (tertiary/aromatic N) is 1. The number of rotatable bonds is 5. The van der Waals surface area contributed by atoms with Crippen molar-refractivity contribution in [1.29, 1.82) is 0 Å². The van der Waals surface area contributed by atoms with Crippen molar-refractivity contribution in [1.82, 2.24) is 0 Å². The van der Waals surface area contributed by atoms with Crippen LogP contribution in [0.1, 0.15) is 13.3 Å². The molecule has 0 aliphatic carbocycles. The van der Waals surface area contributed by atoms with Crippen molar-refractivity contribution in [2.24, 2.45) is 5.92 Å². The van der Waals surface area contributed by atoms with Crippen molar-refractivity contribution in [2.45, 2.75) is 13.3 Å². The van der Waals surface area contributed by atoms with Crippen LogP contribution in [0.15, 0.2) is 15.9 Å². The molecule has 5 heteroatoms. The summed E-state index contributed by atoms with van der Waals surface area (Å²) in [6, 6.07) is 4.05. The van der Waals surface area contributed by atoms with E-state index in [1.54, 1.807) is 11.3 Å². The van der Waals surface area contributed by atoms with Crippen LogP contribution < -0.4 is 4.90 Å². The van der Waals surface area contributed by atoms with Gasteiger partial charge in [-0.2, -0.15) is 0 Å². The minimum Gasteiger partial charge on any atom is -0.469 e. The Morgan fingerprint density at radius 3 is 2.75 bits per heavy atom. The van der Waals surface area contributed by atoms with Crippen LogP contribution in [0.25, 0.3) is 0 Å².